The van der Waals surface area contributed by atoms with Crippen LogP contribution in [0.5, 0.6) is 0 Å². The monoisotopic (exact) mass is 327 g/mol. The van der Waals surface area contributed by atoms with Crippen LogP contribution in [0.2, 0.25) is 0 Å². The van der Waals surface area contributed by atoms with Gasteiger partial charge in [-0.3, -0.25) is 9.69 Å². The molecule has 7 nitrogen and oxygen atoms in total. The maximum atomic E-state index is 12.5. The number of sulfonamides is 1. The van der Waals surface area contributed by atoms with Gasteiger partial charge in [-0.2, -0.15) is 0 Å². The number of carbonyl (C=O) groups excluding carboxylic acids is 1. The lowest BCUT2D eigenvalue weighted by molar-refractivity contribution is 0.0536. The highest BCUT2D eigenvalue weighted by molar-refractivity contribution is 7.88. The van der Waals surface area contributed by atoms with Crippen molar-refractivity contribution in [3.05, 3.63) is 17.9 Å². The zero-order valence-corrected chi connectivity index (χ0v) is 13.7. The van der Waals surface area contributed by atoms with E-state index in [2.05, 4.69) is 4.90 Å². The second kappa shape index (κ2) is 5.68. The molecule has 0 spiro atoms. The fraction of sp³-hybridized carbons (Fsp3) is 0.643. The Labute approximate surface area is 130 Å². The van der Waals surface area contributed by atoms with E-state index in [0.717, 1.165) is 23.8 Å². The number of amides is 1. The van der Waals surface area contributed by atoms with E-state index in [0.29, 0.717) is 19.1 Å². The van der Waals surface area contributed by atoms with Gasteiger partial charge in [0.1, 0.15) is 0 Å². The molecular weight excluding hydrogens is 306 g/mol. The van der Waals surface area contributed by atoms with Gasteiger partial charge in [-0.1, -0.05) is 0 Å². The zero-order valence-electron chi connectivity index (χ0n) is 12.9. The fourth-order valence-electron chi connectivity index (χ4n) is 3.09. The number of hydrogen-bond acceptors (Lipinski definition) is 5. The van der Waals surface area contributed by atoms with E-state index in [4.69, 9.17) is 4.42 Å². The smallest absolute Gasteiger partial charge is 0.289 e. The van der Waals surface area contributed by atoms with Crippen LogP contribution >= 0.6 is 0 Å². The van der Waals surface area contributed by atoms with Crippen LogP contribution in [0.15, 0.2) is 21.6 Å². The topological polar surface area (TPSA) is 74.1 Å². The Morgan fingerprint density at radius 3 is 2.77 bits per heavy atom. The Bertz CT molecular complexity index is 667. The van der Waals surface area contributed by atoms with E-state index in [-0.39, 0.29) is 16.8 Å². The highest BCUT2D eigenvalue weighted by Crippen LogP contribution is 2.24. The van der Waals surface area contributed by atoms with Crippen molar-refractivity contribution in [3.8, 4) is 0 Å². The minimum atomic E-state index is -3.65. The van der Waals surface area contributed by atoms with Gasteiger partial charge in [-0.05, 0) is 31.5 Å². The van der Waals surface area contributed by atoms with Crippen molar-refractivity contribution in [2.24, 2.45) is 0 Å². The summed E-state index contributed by atoms with van der Waals surface area (Å²) >= 11 is 0. The summed E-state index contributed by atoms with van der Waals surface area (Å²) in [5, 5.41) is -0.194. The Kier molecular flexibility index (Phi) is 4.00. The minimum Gasteiger partial charge on any atom is -0.438 e. The molecule has 0 radical (unpaired) electrons. The summed E-state index contributed by atoms with van der Waals surface area (Å²) in [4.78, 5) is 16.7. The predicted molar refractivity (Wildman–Crippen MR) is 80.1 cm³/mol. The average Bonchev–Trinajstić information content (AvgIpc) is 3.14. The van der Waals surface area contributed by atoms with Crippen LogP contribution in [0.25, 0.3) is 0 Å². The summed E-state index contributed by atoms with van der Waals surface area (Å²) in [6, 6.07) is 3.21. The van der Waals surface area contributed by atoms with Crippen LogP contribution in [-0.4, -0.2) is 74.7 Å². The minimum absolute atomic E-state index is 0.0897. The van der Waals surface area contributed by atoms with Crippen LogP contribution in [0.1, 0.15) is 23.4 Å². The molecule has 22 heavy (non-hydrogen) atoms. The first-order valence-corrected chi connectivity index (χ1v) is 8.89. The van der Waals surface area contributed by atoms with Crippen molar-refractivity contribution < 1.29 is 17.6 Å². The molecular formula is C14H21N3O4S. The molecule has 3 rings (SSSR count). The number of fused-ring (bicyclic) bond motifs is 1. The Balaban J connectivity index is 1.75. The Morgan fingerprint density at radius 2 is 2.05 bits per heavy atom. The first-order valence-electron chi connectivity index (χ1n) is 7.45. The molecule has 2 saturated heterocycles. The van der Waals surface area contributed by atoms with Gasteiger partial charge in [-0.25, -0.2) is 12.7 Å². The van der Waals surface area contributed by atoms with E-state index in [1.807, 2.05) is 0 Å². The molecule has 2 aliphatic rings. The summed E-state index contributed by atoms with van der Waals surface area (Å²) in [5.74, 6) is -0.140. The number of carbonyl (C=O) groups is 1. The zero-order chi connectivity index (χ0) is 15.9. The van der Waals surface area contributed by atoms with Crippen molar-refractivity contribution in [3.63, 3.8) is 0 Å². The number of hydrogen-bond donors (Lipinski definition) is 0. The lowest BCUT2D eigenvalue weighted by Gasteiger charge is -2.37. The van der Waals surface area contributed by atoms with Crippen LogP contribution in [0, 0.1) is 0 Å². The molecule has 2 fully saturated rings. The van der Waals surface area contributed by atoms with Gasteiger partial charge >= 0.3 is 0 Å². The van der Waals surface area contributed by atoms with Crippen LogP contribution in [-0.2, 0) is 10.0 Å². The van der Waals surface area contributed by atoms with Gasteiger partial charge in [-0.15, -0.1) is 0 Å². The van der Waals surface area contributed by atoms with E-state index in [1.165, 1.54) is 32.6 Å². The normalized spacial score (nSPS) is 23.0. The number of piperazine rings is 1. The molecule has 122 valence electrons. The van der Waals surface area contributed by atoms with Gasteiger partial charge in [0.15, 0.2) is 5.76 Å². The van der Waals surface area contributed by atoms with E-state index in [9.17, 15) is 13.2 Å². The van der Waals surface area contributed by atoms with Crippen molar-refractivity contribution in [2.75, 3.05) is 40.3 Å². The molecule has 1 aromatic heterocycles. The largest absolute Gasteiger partial charge is 0.438 e. The molecule has 0 saturated carbocycles. The van der Waals surface area contributed by atoms with Gasteiger partial charge < -0.3 is 9.32 Å². The third-order valence-corrected chi connectivity index (χ3v) is 6.09. The molecule has 1 atom stereocenters. The molecule has 1 unspecified atom stereocenters. The molecule has 0 N–H and O–H groups in total. The maximum absolute atomic E-state index is 12.5. The van der Waals surface area contributed by atoms with Gasteiger partial charge in [0.25, 0.3) is 15.9 Å². The second-order valence-electron chi connectivity index (χ2n) is 5.99. The van der Waals surface area contributed by atoms with Crippen molar-refractivity contribution in [2.45, 2.75) is 24.0 Å². The summed E-state index contributed by atoms with van der Waals surface area (Å²) in [5.41, 5.74) is 0. The van der Waals surface area contributed by atoms with Gasteiger partial charge in [0.05, 0.1) is 0 Å². The maximum Gasteiger partial charge on any atom is 0.289 e. The van der Waals surface area contributed by atoms with Gasteiger partial charge in [0, 0.05) is 39.8 Å². The lowest BCUT2D eigenvalue weighted by Crippen LogP contribution is -2.52. The standard InChI is InChI=1S/C14H21N3O4S/c1-15(2)22(19,20)13-6-5-12(21-13)14(18)17-9-8-16-7-3-4-11(16)10-17/h5-6,11H,3-4,7-10H2,1-2H3. The Hall–Kier alpha value is -1.38. The van der Waals surface area contributed by atoms with Crippen molar-refractivity contribution in [1.82, 2.24) is 14.1 Å². The van der Waals surface area contributed by atoms with E-state index in [1.54, 1.807) is 4.90 Å². The number of rotatable bonds is 3. The molecule has 2 aliphatic heterocycles. The molecule has 3 heterocycles. The van der Waals surface area contributed by atoms with Gasteiger partial charge in [0.2, 0.25) is 5.09 Å². The highest BCUT2D eigenvalue weighted by Gasteiger charge is 2.34. The summed E-state index contributed by atoms with van der Waals surface area (Å²) in [6.07, 6.45) is 2.29. The highest BCUT2D eigenvalue weighted by atomic mass is 32.2. The molecule has 1 amide bonds. The van der Waals surface area contributed by atoms with E-state index >= 15 is 0 Å². The first kappa shape index (κ1) is 15.5. The summed E-state index contributed by atoms with van der Waals surface area (Å²) < 4.78 is 30.4. The second-order valence-corrected chi connectivity index (χ2v) is 8.07. The quantitative estimate of drug-likeness (QED) is 0.806. The third-order valence-electron chi connectivity index (χ3n) is 4.40. The van der Waals surface area contributed by atoms with E-state index < -0.39 is 10.0 Å². The third kappa shape index (κ3) is 2.66. The number of furan rings is 1. The molecule has 8 heteroatoms. The summed E-state index contributed by atoms with van der Waals surface area (Å²) in [6.45, 7) is 3.33. The van der Waals surface area contributed by atoms with Crippen LogP contribution < -0.4 is 0 Å². The fourth-order valence-corrected chi connectivity index (χ4v) is 3.88. The molecule has 1 aromatic rings. The molecule has 0 bridgehead atoms. The molecule has 0 aromatic carbocycles. The van der Waals surface area contributed by atoms with Crippen molar-refractivity contribution >= 4 is 15.9 Å². The summed E-state index contributed by atoms with van der Waals surface area (Å²) in [7, 11) is -0.788. The SMILES string of the molecule is CN(C)S(=O)(=O)c1ccc(C(=O)N2CCN3CCCC3C2)o1. The lowest BCUT2D eigenvalue weighted by atomic mass is 10.1. The molecule has 0 aliphatic carbocycles. The van der Waals surface area contributed by atoms with Crippen LogP contribution in [0.4, 0.5) is 0 Å². The Morgan fingerprint density at radius 1 is 1.27 bits per heavy atom. The number of nitrogens with zero attached hydrogens (tertiary/aromatic N) is 3. The first-order chi connectivity index (χ1) is 10.4. The van der Waals surface area contributed by atoms with Crippen molar-refractivity contribution in [1.29, 1.82) is 0 Å². The van der Waals surface area contributed by atoms with Crippen LogP contribution in [0.3, 0.4) is 0 Å². The predicted octanol–water partition coefficient (Wildman–Crippen LogP) is 0.450. The average molecular weight is 327 g/mol.